The quantitative estimate of drug-likeness (QED) is 0.756. The van der Waals surface area contributed by atoms with Gasteiger partial charge in [-0.15, -0.1) is 0 Å². The van der Waals surface area contributed by atoms with Crippen LogP contribution in [0.15, 0.2) is 18.2 Å². The van der Waals surface area contributed by atoms with Gasteiger partial charge in [-0.1, -0.05) is 39.3 Å². The molecule has 118 valence electrons. The summed E-state index contributed by atoms with van der Waals surface area (Å²) in [6.07, 6.45) is 2.01. The summed E-state index contributed by atoms with van der Waals surface area (Å²) >= 11 is 5.92. The van der Waals surface area contributed by atoms with Crippen LogP contribution in [0.3, 0.4) is 0 Å². The van der Waals surface area contributed by atoms with Crippen molar-refractivity contribution in [2.45, 2.75) is 40.5 Å². The highest BCUT2D eigenvalue weighted by atomic mass is 35.5. The third kappa shape index (κ3) is 5.96. The normalized spacial score (nSPS) is 11.2. The minimum Gasteiger partial charge on any atom is -0.398 e. The molecule has 0 fully saturated rings. The van der Waals surface area contributed by atoms with E-state index in [1.54, 1.807) is 18.2 Å². The monoisotopic (exact) mass is 310 g/mol. The summed E-state index contributed by atoms with van der Waals surface area (Å²) < 4.78 is 0. The molecular weight excluding hydrogens is 284 g/mol. The van der Waals surface area contributed by atoms with Gasteiger partial charge in [0.05, 0.1) is 10.7 Å². The summed E-state index contributed by atoms with van der Waals surface area (Å²) in [5, 5.41) is 0.488. The van der Waals surface area contributed by atoms with E-state index in [1.165, 1.54) is 0 Å². The smallest absolute Gasteiger partial charge is 0.253 e. The molecule has 0 saturated heterocycles. The third-order valence-electron chi connectivity index (χ3n) is 3.48. The molecule has 1 aromatic rings. The van der Waals surface area contributed by atoms with Crippen LogP contribution in [-0.4, -0.2) is 23.9 Å². The van der Waals surface area contributed by atoms with Crippen molar-refractivity contribution >= 4 is 23.2 Å². The number of nitrogens with two attached hydrogens (primary N) is 1. The zero-order valence-electron chi connectivity index (χ0n) is 13.5. The highest BCUT2D eigenvalue weighted by Gasteiger charge is 2.17. The van der Waals surface area contributed by atoms with Gasteiger partial charge in [-0.25, -0.2) is 0 Å². The number of nitrogens with zero attached hydrogens (tertiary/aromatic N) is 1. The number of amides is 1. The molecule has 4 heteroatoms. The molecule has 0 radical (unpaired) electrons. The summed E-state index contributed by atoms with van der Waals surface area (Å²) in [6.45, 7) is 10.3. The molecule has 0 bridgehead atoms. The number of nitrogen functional groups attached to an aromatic ring is 1. The van der Waals surface area contributed by atoms with Crippen LogP contribution in [0.25, 0.3) is 0 Å². The summed E-state index contributed by atoms with van der Waals surface area (Å²) in [7, 11) is 0. The van der Waals surface area contributed by atoms with E-state index in [9.17, 15) is 4.79 Å². The van der Waals surface area contributed by atoms with Crippen LogP contribution in [-0.2, 0) is 0 Å². The van der Waals surface area contributed by atoms with Gasteiger partial charge in [0.25, 0.3) is 5.91 Å². The summed E-state index contributed by atoms with van der Waals surface area (Å²) in [6, 6.07) is 5.11. The number of hydrogen-bond acceptors (Lipinski definition) is 2. The van der Waals surface area contributed by atoms with Gasteiger partial charge < -0.3 is 10.6 Å². The molecule has 3 nitrogen and oxygen atoms in total. The fraction of sp³-hybridized carbons (Fsp3) is 0.588. The first-order chi connectivity index (χ1) is 9.81. The predicted molar refractivity (Wildman–Crippen MR) is 90.7 cm³/mol. The molecule has 1 aromatic carbocycles. The van der Waals surface area contributed by atoms with E-state index in [0.717, 1.165) is 25.9 Å². The molecule has 0 aliphatic heterocycles. The minimum atomic E-state index is 0.0414. The fourth-order valence-corrected chi connectivity index (χ4v) is 2.12. The molecule has 0 saturated carbocycles. The first-order valence-corrected chi connectivity index (χ1v) is 8.03. The van der Waals surface area contributed by atoms with E-state index in [-0.39, 0.29) is 5.91 Å². The van der Waals surface area contributed by atoms with E-state index in [2.05, 4.69) is 27.7 Å². The van der Waals surface area contributed by atoms with Crippen molar-refractivity contribution in [1.82, 2.24) is 4.90 Å². The van der Waals surface area contributed by atoms with Gasteiger partial charge in [0.1, 0.15) is 0 Å². The van der Waals surface area contributed by atoms with Crippen molar-refractivity contribution in [3.63, 3.8) is 0 Å². The summed E-state index contributed by atoms with van der Waals surface area (Å²) in [4.78, 5) is 14.6. The average Bonchev–Trinajstić information content (AvgIpc) is 2.40. The Morgan fingerprint density at radius 2 is 1.67 bits per heavy atom. The molecule has 21 heavy (non-hydrogen) atoms. The Hall–Kier alpha value is -1.22. The molecule has 0 spiro atoms. The Labute approximate surface area is 133 Å². The maximum atomic E-state index is 12.7. The predicted octanol–water partition coefficient (Wildman–Crippen LogP) is 4.46. The van der Waals surface area contributed by atoms with Crippen LogP contribution < -0.4 is 5.73 Å². The number of halogens is 1. The molecule has 1 amide bonds. The van der Waals surface area contributed by atoms with Gasteiger partial charge in [0.2, 0.25) is 0 Å². The molecule has 0 atom stereocenters. The second kappa shape index (κ2) is 8.28. The molecule has 1 rings (SSSR count). The van der Waals surface area contributed by atoms with E-state index in [1.807, 2.05) is 4.90 Å². The Morgan fingerprint density at radius 3 is 2.10 bits per heavy atom. The number of rotatable bonds is 7. The lowest BCUT2D eigenvalue weighted by Gasteiger charge is -2.25. The summed E-state index contributed by atoms with van der Waals surface area (Å²) in [5.74, 6) is 1.20. The van der Waals surface area contributed by atoms with Gasteiger partial charge in [0, 0.05) is 18.7 Å². The van der Waals surface area contributed by atoms with E-state index in [0.29, 0.717) is 28.1 Å². The molecular formula is C17H27ClN2O. The van der Waals surface area contributed by atoms with Crippen molar-refractivity contribution in [1.29, 1.82) is 0 Å². The van der Waals surface area contributed by atoms with Gasteiger partial charge >= 0.3 is 0 Å². The van der Waals surface area contributed by atoms with Crippen molar-refractivity contribution in [2.24, 2.45) is 11.8 Å². The standard InChI is InChI=1S/C17H27ClN2O/c1-12(2)7-9-20(10-8-13(3)4)17(21)14-5-6-15(18)16(19)11-14/h5-6,11-13H,7-10,19H2,1-4H3. The zero-order chi connectivity index (χ0) is 16.0. The second-order valence-electron chi connectivity index (χ2n) is 6.39. The second-order valence-corrected chi connectivity index (χ2v) is 6.80. The highest BCUT2D eigenvalue weighted by molar-refractivity contribution is 6.33. The van der Waals surface area contributed by atoms with Crippen molar-refractivity contribution in [3.8, 4) is 0 Å². The lowest BCUT2D eigenvalue weighted by atomic mass is 10.1. The van der Waals surface area contributed by atoms with Crippen LogP contribution in [0.5, 0.6) is 0 Å². The first kappa shape index (κ1) is 17.8. The minimum absolute atomic E-state index is 0.0414. The number of carbonyl (C=O) groups is 1. The van der Waals surface area contributed by atoms with E-state index in [4.69, 9.17) is 17.3 Å². The molecule has 0 aliphatic rings. The molecule has 0 unspecified atom stereocenters. The number of hydrogen-bond donors (Lipinski definition) is 1. The van der Waals surface area contributed by atoms with Crippen LogP contribution in [0.1, 0.15) is 50.9 Å². The number of anilines is 1. The van der Waals surface area contributed by atoms with Gasteiger partial charge in [0.15, 0.2) is 0 Å². The summed E-state index contributed by atoms with van der Waals surface area (Å²) in [5.41, 5.74) is 6.87. The Bertz CT molecular complexity index is 460. The maximum Gasteiger partial charge on any atom is 0.253 e. The third-order valence-corrected chi connectivity index (χ3v) is 3.83. The molecule has 0 heterocycles. The topological polar surface area (TPSA) is 46.3 Å². The van der Waals surface area contributed by atoms with E-state index < -0.39 is 0 Å². The highest BCUT2D eigenvalue weighted by Crippen LogP contribution is 2.21. The van der Waals surface area contributed by atoms with Crippen LogP contribution in [0.4, 0.5) is 5.69 Å². The van der Waals surface area contributed by atoms with Crippen molar-refractivity contribution in [2.75, 3.05) is 18.8 Å². The van der Waals surface area contributed by atoms with Crippen LogP contribution >= 0.6 is 11.6 Å². The van der Waals surface area contributed by atoms with Gasteiger partial charge in [-0.3, -0.25) is 4.79 Å². The first-order valence-electron chi connectivity index (χ1n) is 7.65. The number of benzene rings is 1. The Balaban J connectivity index is 2.83. The van der Waals surface area contributed by atoms with Crippen LogP contribution in [0.2, 0.25) is 5.02 Å². The average molecular weight is 311 g/mol. The van der Waals surface area contributed by atoms with Crippen LogP contribution in [0, 0.1) is 11.8 Å². The van der Waals surface area contributed by atoms with Crippen molar-refractivity contribution < 1.29 is 4.79 Å². The van der Waals surface area contributed by atoms with E-state index >= 15 is 0 Å². The lowest BCUT2D eigenvalue weighted by molar-refractivity contribution is 0.0741. The Morgan fingerprint density at radius 1 is 1.14 bits per heavy atom. The Kier molecular flexibility index (Phi) is 7.03. The number of carbonyl (C=O) groups excluding carboxylic acids is 1. The molecule has 0 aliphatic carbocycles. The fourth-order valence-electron chi connectivity index (χ4n) is 2.00. The lowest BCUT2D eigenvalue weighted by Crippen LogP contribution is -2.34. The zero-order valence-corrected chi connectivity index (χ0v) is 14.3. The maximum absolute atomic E-state index is 12.7. The molecule has 0 aromatic heterocycles. The SMILES string of the molecule is CC(C)CCN(CCC(C)C)C(=O)c1ccc(Cl)c(N)c1. The van der Waals surface area contributed by atoms with Crippen molar-refractivity contribution in [3.05, 3.63) is 28.8 Å². The van der Waals surface area contributed by atoms with Gasteiger partial charge in [-0.2, -0.15) is 0 Å². The van der Waals surface area contributed by atoms with Gasteiger partial charge in [-0.05, 0) is 42.9 Å². The largest absolute Gasteiger partial charge is 0.398 e. The molecule has 2 N–H and O–H groups in total.